The molecule has 0 fully saturated rings. The first-order chi connectivity index (χ1) is 9.86. The van der Waals surface area contributed by atoms with Gasteiger partial charge in [-0.05, 0) is 6.42 Å². The number of carbonyl (C=O) groups is 2. The Hall–Kier alpha value is -2.38. The second kappa shape index (κ2) is 7.41. The van der Waals surface area contributed by atoms with Gasteiger partial charge < -0.3 is 10.4 Å². The van der Waals surface area contributed by atoms with E-state index in [1.54, 1.807) is 0 Å². The van der Waals surface area contributed by atoms with Crippen molar-refractivity contribution in [2.75, 3.05) is 6.54 Å². The first kappa shape index (κ1) is 16.7. The van der Waals surface area contributed by atoms with E-state index in [0.29, 0.717) is 12.8 Å². The van der Waals surface area contributed by atoms with Gasteiger partial charge in [-0.15, -0.1) is 0 Å². The van der Waals surface area contributed by atoms with E-state index >= 15 is 0 Å². The largest absolute Gasteiger partial charge is 0.481 e. The molecule has 1 rings (SSSR count). The van der Waals surface area contributed by atoms with Gasteiger partial charge >= 0.3 is 11.7 Å². The Balaban J connectivity index is 2.66. The van der Waals surface area contributed by atoms with Gasteiger partial charge in [-0.25, -0.2) is 4.79 Å². The summed E-state index contributed by atoms with van der Waals surface area (Å²) in [6.45, 7) is 1.62. The molecule has 1 aromatic heterocycles. The summed E-state index contributed by atoms with van der Waals surface area (Å²) >= 11 is 0. The van der Waals surface area contributed by atoms with Crippen molar-refractivity contribution < 1.29 is 14.7 Å². The summed E-state index contributed by atoms with van der Waals surface area (Å²) in [4.78, 5) is 45.6. The maximum Gasteiger partial charge on any atom is 0.331 e. The fourth-order valence-electron chi connectivity index (χ4n) is 1.85. The molecule has 0 saturated carbocycles. The van der Waals surface area contributed by atoms with Crippen molar-refractivity contribution in [1.82, 2.24) is 14.5 Å². The first-order valence-corrected chi connectivity index (χ1v) is 6.62. The smallest absolute Gasteiger partial charge is 0.331 e. The lowest BCUT2D eigenvalue weighted by molar-refractivity contribution is -0.141. The molecule has 8 nitrogen and oxygen atoms in total. The molecule has 1 atom stereocenters. The second-order valence-electron chi connectivity index (χ2n) is 4.75. The van der Waals surface area contributed by atoms with E-state index in [4.69, 9.17) is 5.11 Å². The van der Waals surface area contributed by atoms with Crippen LogP contribution in [0, 0.1) is 5.92 Å². The van der Waals surface area contributed by atoms with Crippen LogP contribution in [0.1, 0.15) is 19.8 Å². The van der Waals surface area contributed by atoms with Crippen LogP contribution in [0.4, 0.5) is 0 Å². The molecule has 8 heteroatoms. The highest BCUT2D eigenvalue weighted by molar-refractivity contribution is 5.77. The lowest BCUT2D eigenvalue weighted by atomic mass is 10.0. The lowest BCUT2D eigenvalue weighted by Gasteiger charge is -2.13. The monoisotopic (exact) mass is 297 g/mol. The molecule has 0 bridgehead atoms. The molecule has 0 spiro atoms. The standard InChI is InChI=1S/C13H19N3O5/c1-3-4-9(12(19)20)7-14-10(17)8-16-6-5-11(18)15(2)13(16)21/h5-6,9H,3-4,7-8H2,1-2H3,(H,14,17)(H,19,20). The van der Waals surface area contributed by atoms with Crippen LogP contribution in [0.25, 0.3) is 0 Å². The second-order valence-corrected chi connectivity index (χ2v) is 4.75. The van der Waals surface area contributed by atoms with Gasteiger partial charge in [-0.1, -0.05) is 13.3 Å². The Morgan fingerprint density at radius 1 is 1.38 bits per heavy atom. The summed E-state index contributed by atoms with van der Waals surface area (Å²) in [7, 11) is 1.32. The zero-order valence-electron chi connectivity index (χ0n) is 12.0. The van der Waals surface area contributed by atoms with Crippen molar-refractivity contribution in [2.24, 2.45) is 13.0 Å². The van der Waals surface area contributed by atoms with E-state index in [2.05, 4.69) is 5.32 Å². The predicted octanol–water partition coefficient (Wildman–Crippen LogP) is -0.836. The quantitative estimate of drug-likeness (QED) is 0.682. The van der Waals surface area contributed by atoms with E-state index in [9.17, 15) is 19.2 Å². The van der Waals surface area contributed by atoms with Crippen molar-refractivity contribution in [2.45, 2.75) is 26.3 Å². The molecule has 2 N–H and O–H groups in total. The number of hydrogen-bond donors (Lipinski definition) is 2. The number of carboxylic acids is 1. The first-order valence-electron chi connectivity index (χ1n) is 6.62. The number of carboxylic acid groups (broad SMARTS) is 1. The molecule has 1 aromatic rings. The van der Waals surface area contributed by atoms with E-state index < -0.39 is 29.0 Å². The van der Waals surface area contributed by atoms with Gasteiger partial charge in [0.25, 0.3) is 5.56 Å². The Bertz CT molecular complexity index is 631. The summed E-state index contributed by atoms with van der Waals surface area (Å²) in [6, 6.07) is 1.19. The average Bonchev–Trinajstić information content (AvgIpc) is 2.43. The van der Waals surface area contributed by atoms with E-state index in [1.807, 2.05) is 6.92 Å². The van der Waals surface area contributed by atoms with Crippen molar-refractivity contribution in [3.63, 3.8) is 0 Å². The maximum atomic E-state index is 11.7. The van der Waals surface area contributed by atoms with E-state index in [1.165, 1.54) is 19.3 Å². The molecule has 0 aromatic carbocycles. The topological polar surface area (TPSA) is 110 Å². The number of nitrogens with zero attached hydrogens (tertiary/aromatic N) is 2. The van der Waals surface area contributed by atoms with Crippen LogP contribution in [-0.2, 0) is 23.2 Å². The van der Waals surface area contributed by atoms with E-state index in [-0.39, 0.29) is 13.1 Å². The number of amides is 1. The third-order valence-corrected chi connectivity index (χ3v) is 3.11. The van der Waals surface area contributed by atoms with Crippen molar-refractivity contribution in [3.8, 4) is 0 Å². The SMILES string of the molecule is CCCC(CNC(=O)Cn1ccc(=O)n(C)c1=O)C(=O)O. The average molecular weight is 297 g/mol. The zero-order chi connectivity index (χ0) is 16.0. The predicted molar refractivity (Wildman–Crippen MR) is 75.0 cm³/mol. The van der Waals surface area contributed by atoms with Gasteiger partial charge in [0.05, 0.1) is 5.92 Å². The van der Waals surface area contributed by atoms with Crippen LogP contribution in [0.2, 0.25) is 0 Å². The van der Waals surface area contributed by atoms with Gasteiger partial charge in [-0.2, -0.15) is 0 Å². The molecular weight excluding hydrogens is 278 g/mol. The van der Waals surface area contributed by atoms with Crippen molar-refractivity contribution in [3.05, 3.63) is 33.1 Å². The maximum absolute atomic E-state index is 11.7. The molecular formula is C13H19N3O5. The third kappa shape index (κ3) is 4.59. The van der Waals surface area contributed by atoms with Crippen LogP contribution in [0.5, 0.6) is 0 Å². The summed E-state index contributed by atoms with van der Waals surface area (Å²) in [5.41, 5.74) is -1.05. The molecule has 0 saturated heterocycles. The molecule has 21 heavy (non-hydrogen) atoms. The van der Waals surface area contributed by atoms with Gasteiger partial charge in [0.15, 0.2) is 0 Å². The summed E-state index contributed by atoms with van der Waals surface area (Å²) in [5.74, 6) is -2.08. The number of hydrogen-bond acceptors (Lipinski definition) is 4. The molecule has 1 unspecified atom stereocenters. The fourth-order valence-corrected chi connectivity index (χ4v) is 1.85. The summed E-state index contributed by atoms with van der Waals surface area (Å²) in [6.07, 6.45) is 2.41. The third-order valence-electron chi connectivity index (χ3n) is 3.11. The molecule has 1 heterocycles. The van der Waals surface area contributed by atoms with Crippen molar-refractivity contribution >= 4 is 11.9 Å². The number of carbonyl (C=O) groups excluding carboxylic acids is 1. The van der Waals surface area contributed by atoms with Crippen LogP contribution < -0.4 is 16.6 Å². The highest BCUT2D eigenvalue weighted by atomic mass is 16.4. The normalized spacial score (nSPS) is 11.9. The molecule has 0 aliphatic rings. The minimum absolute atomic E-state index is 0.0164. The minimum atomic E-state index is -0.962. The molecule has 1 amide bonds. The molecule has 0 aliphatic heterocycles. The Kier molecular flexibility index (Phi) is 5.89. The number of rotatable bonds is 7. The number of aromatic nitrogens is 2. The van der Waals surface area contributed by atoms with E-state index in [0.717, 1.165) is 9.13 Å². The summed E-state index contributed by atoms with van der Waals surface area (Å²) in [5, 5.41) is 11.5. The fraction of sp³-hybridized carbons (Fsp3) is 0.538. The Labute approximate surface area is 121 Å². The highest BCUT2D eigenvalue weighted by Crippen LogP contribution is 2.04. The van der Waals surface area contributed by atoms with Gasteiger partial charge in [0.2, 0.25) is 5.91 Å². The Morgan fingerprint density at radius 3 is 2.62 bits per heavy atom. The van der Waals surface area contributed by atoms with Crippen LogP contribution >= 0.6 is 0 Å². The van der Waals surface area contributed by atoms with Gasteiger partial charge in [0, 0.05) is 25.9 Å². The lowest BCUT2D eigenvalue weighted by Crippen LogP contribution is -2.41. The molecule has 0 aliphatic carbocycles. The Morgan fingerprint density at radius 2 is 2.05 bits per heavy atom. The highest BCUT2D eigenvalue weighted by Gasteiger charge is 2.17. The molecule has 116 valence electrons. The van der Waals surface area contributed by atoms with Crippen LogP contribution in [0.3, 0.4) is 0 Å². The number of nitrogens with one attached hydrogen (secondary N) is 1. The number of aliphatic carboxylic acids is 1. The van der Waals surface area contributed by atoms with Crippen LogP contribution in [-0.4, -0.2) is 32.7 Å². The van der Waals surface area contributed by atoms with Gasteiger partial charge in [-0.3, -0.25) is 23.5 Å². The van der Waals surface area contributed by atoms with Crippen molar-refractivity contribution in [1.29, 1.82) is 0 Å². The van der Waals surface area contributed by atoms with Crippen LogP contribution in [0.15, 0.2) is 21.9 Å². The van der Waals surface area contributed by atoms with Gasteiger partial charge in [0.1, 0.15) is 6.54 Å². The minimum Gasteiger partial charge on any atom is -0.481 e. The molecule has 0 radical (unpaired) electrons. The zero-order valence-corrected chi connectivity index (χ0v) is 12.0. The summed E-state index contributed by atoms with van der Waals surface area (Å²) < 4.78 is 1.98.